The molecule has 15 heteroatoms. The molecule has 0 radical (unpaired) electrons. The van der Waals surface area contributed by atoms with Crippen molar-refractivity contribution in [1.82, 2.24) is 0 Å². The summed E-state index contributed by atoms with van der Waals surface area (Å²) in [6.45, 7) is -1.10. The molecule has 0 N–H and O–H groups in total. The van der Waals surface area contributed by atoms with Crippen LogP contribution in [0, 0.1) is 0 Å². The highest BCUT2D eigenvalue weighted by Gasteiger charge is 2.62. The average Bonchev–Trinajstić information content (AvgIpc) is 3.69. The van der Waals surface area contributed by atoms with Gasteiger partial charge in [-0.1, -0.05) is 194 Å². The third kappa shape index (κ3) is 15.5. The first kappa shape index (κ1) is 57.6. The molecule has 83 heavy (non-hydrogen) atoms. The van der Waals surface area contributed by atoms with Gasteiger partial charge in [0.05, 0.1) is 61.9 Å². The van der Waals surface area contributed by atoms with E-state index in [1.807, 2.05) is 121 Å². The lowest BCUT2D eigenvalue weighted by molar-refractivity contribution is -0.419. The van der Waals surface area contributed by atoms with E-state index in [0.29, 0.717) is 0 Å². The fraction of sp³-hybridized carbons (Fsp3) is 0.235. The highest BCUT2D eigenvalue weighted by Crippen LogP contribution is 2.40. The van der Waals surface area contributed by atoms with Gasteiger partial charge < -0.3 is 52.1 Å². The Balaban J connectivity index is 1.12. The van der Waals surface area contributed by atoms with E-state index in [2.05, 4.69) is 0 Å². The van der Waals surface area contributed by atoms with Crippen LogP contribution in [0.3, 0.4) is 0 Å². The molecule has 2 saturated heterocycles. The number of esters is 4. The monoisotopic (exact) mass is 1120 g/mol. The first-order valence-electron chi connectivity index (χ1n) is 27.3. The quantitative estimate of drug-likeness (QED) is 0.0413. The zero-order valence-corrected chi connectivity index (χ0v) is 45.3. The lowest BCUT2D eigenvalue weighted by atomic mass is 9.94. The minimum atomic E-state index is -2.50. The van der Waals surface area contributed by atoms with E-state index in [0.717, 1.165) is 22.3 Å². The standard InChI is InChI=1S/C68H62O15/c69-63(52-33-17-5-18-34-52)77-47-68(62(82-66(72)55-39-23-8-24-40-55)59(81-65(71)54-37-21-7-22-38-54)57(46-78-68)79-64(70)53-35-19-6-20-36-53)83-67-61(76-44-51-31-15-4-16-32-51)60(75-43-50-29-13-3-14-30-50)58(74-42-49-27-11-2-12-28-49)56(80-67)45-73-41-48-25-9-1-10-26-48/h1-40,56-62,67H,41-47H2/t56-,57-,58-,59-,60+,61-,62+,67-,68+/m1/s1. The van der Waals surface area contributed by atoms with Gasteiger partial charge in [0.1, 0.15) is 31.0 Å². The van der Waals surface area contributed by atoms with Gasteiger partial charge in [-0.2, -0.15) is 0 Å². The van der Waals surface area contributed by atoms with E-state index in [-0.39, 0.29) is 55.3 Å². The van der Waals surface area contributed by atoms with Crippen molar-refractivity contribution in [2.75, 3.05) is 19.8 Å². The van der Waals surface area contributed by atoms with Gasteiger partial charge in [-0.25, -0.2) is 19.2 Å². The van der Waals surface area contributed by atoms with Gasteiger partial charge in [-0.3, -0.25) is 0 Å². The topological polar surface area (TPSA) is 170 Å². The summed E-state index contributed by atoms with van der Waals surface area (Å²) < 4.78 is 74.2. The number of carbonyl (C=O) groups is 4. The van der Waals surface area contributed by atoms with Crippen molar-refractivity contribution in [2.45, 2.75) is 81.2 Å². The Kier molecular flexibility index (Phi) is 20.0. The summed E-state index contributed by atoms with van der Waals surface area (Å²) in [5.74, 6) is -5.92. The molecule has 8 aromatic carbocycles. The molecule has 0 spiro atoms. The lowest BCUT2D eigenvalue weighted by Crippen LogP contribution is -2.70. The highest BCUT2D eigenvalue weighted by atomic mass is 16.8. The maximum atomic E-state index is 14.8. The summed E-state index contributed by atoms with van der Waals surface area (Å²) in [4.78, 5) is 57.8. The van der Waals surface area contributed by atoms with E-state index in [1.165, 1.54) is 12.1 Å². The summed E-state index contributed by atoms with van der Waals surface area (Å²) in [6.07, 6.45) is -11.0. The normalized spacial score (nSPS) is 22.1. The number of ether oxygens (including phenoxy) is 11. The van der Waals surface area contributed by atoms with Crippen LogP contribution < -0.4 is 0 Å². The Labute approximate surface area is 481 Å². The molecule has 2 aliphatic rings. The first-order valence-corrected chi connectivity index (χ1v) is 27.3. The summed E-state index contributed by atoms with van der Waals surface area (Å²) in [6, 6.07) is 71.0. The van der Waals surface area contributed by atoms with Crippen LogP contribution >= 0.6 is 0 Å². The third-order valence-electron chi connectivity index (χ3n) is 13.9. The summed E-state index contributed by atoms with van der Waals surface area (Å²) in [7, 11) is 0. The second-order valence-electron chi connectivity index (χ2n) is 19.7. The van der Waals surface area contributed by atoms with E-state index in [1.54, 1.807) is 109 Å². The largest absolute Gasteiger partial charge is 0.456 e. The van der Waals surface area contributed by atoms with Crippen LogP contribution in [0.1, 0.15) is 63.7 Å². The van der Waals surface area contributed by atoms with Gasteiger partial charge in [0.15, 0.2) is 24.6 Å². The summed E-state index contributed by atoms with van der Waals surface area (Å²) in [5, 5.41) is 0. The van der Waals surface area contributed by atoms with Crippen LogP contribution in [0.15, 0.2) is 243 Å². The van der Waals surface area contributed by atoms with Crippen molar-refractivity contribution in [3.8, 4) is 0 Å². The zero-order chi connectivity index (χ0) is 57.1. The van der Waals surface area contributed by atoms with Crippen LogP contribution in [0.2, 0.25) is 0 Å². The van der Waals surface area contributed by atoms with Gasteiger partial charge in [0, 0.05) is 0 Å². The minimum Gasteiger partial charge on any atom is -0.456 e. The third-order valence-corrected chi connectivity index (χ3v) is 13.9. The maximum absolute atomic E-state index is 14.8. The second-order valence-corrected chi connectivity index (χ2v) is 19.7. The fourth-order valence-electron chi connectivity index (χ4n) is 9.67. The Morgan fingerprint density at radius 3 is 1.23 bits per heavy atom. The molecule has 0 unspecified atom stereocenters. The van der Waals surface area contributed by atoms with E-state index in [9.17, 15) is 19.2 Å². The van der Waals surface area contributed by atoms with Gasteiger partial charge in [0.2, 0.25) is 5.79 Å². The molecule has 0 aromatic heterocycles. The van der Waals surface area contributed by atoms with Crippen LogP contribution in [-0.2, 0) is 78.5 Å². The molecule has 2 heterocycles. The van der Waals surface area contributed by atoms with E-state index < -0.39 is 91.9 Å². The van der Waals surface area contributed by atoms with Crippen molar-refractivity contribution >= 4 is 23.9 Å². The van der Waals surface area contributed by atoms with E-state index >= 15 is 0 Å². The van der Waals surface area contributed by atoms with Crippen LogP contribution in [0.4, 0.5) is 0 Å². The molecule has 0 amide bonds. The Morgan fingerprint density at radius 2 is 0.771 bits per heavy atom. The molecule has 0 saturated carbocycles. The Bertz CT molecular complexity index is 3270. The molecule has 2 fully saturated rings. The summed E-state index contributed by atoms with van der Waals surface area (Å²) >= 11 is 0. The van der Waals surface area contributed by atoms with Gasteiger partial charge in [0.25, 0.3) is 0 Å². The minimum absolute atomic E-state index is 0.00139. The molecule has 424 valence electrons. The zero-order valence-electron chi connectivity index (χ0n) is 45.3. The van der Waals surface area contributed by atoms with Crippen LogP contribution in [0.25, 0.3) is 0 Å². The molecular formula is C68H62O15. The van der Waals surface area contributed by atoms with Gasteiger partial charge in [-0.05, 0) is 70.8 Å². The second kappa shape index (κ2) is 28.9. The predicted octanol–water partition coefficient (Wildman–Crippen LogP) is 11.0. The molecule has 0 aliphatic carbocycles. The SMILES string of the molecule is O=C(OC[C@@]1(O[C@H]2O[C@H](COCc3ccccc3)[C@@H](OCc3ccccc3)[C@H](OCc3ccccc3)[C@H]2OCc2ccccc2)OC[C@@H](OC(=O)c2ccccc2)[C@@H](OC(=O)c2ccccc2)[C@@H]1OC(=O)c1ccccc1)c1ccccc1. The lowest BCUT2D eigenvalue weighted by Gasteiger charge is -2.51. The first-order chi connectivity index (χ1) is 40.8. The smallest absolute Gasteiger partial charge is 0.338 e. The van der Waals surface area contributed by atoms with Gasteiger partial charge >= 0.3 is 23.9 Å². The molecule has 15 nitrogen and oxygen atoms in total. The number of hydrogen-bond donors (Lipinski definition) is 0. The summed E-state index contributed by atoms with van der Waals surface area (Å²) in [5.41, 5.74) is 3.93. The number of rotatable bonds is 24. The number of hydrogen-bond acceptors (Lipinski definition) is 15. The van der Waals surface area contributed by atoms with Crippen LogP contribution in [-0.4, -0.2) is 98.5 Å². The Hall–Kier alpha value is -8.64. The van der Waals surface area contributed by atoms with Crippen molar-refractivity contribution < 1.29 is 71.3 Å². The number of carbonyl (C=O) groups excluding carboxylic acids is 4. The molecule has 8 aromatic rings. The molecular weight excluding hydrogens is 1060 g/mol. The fourth-order valence-corrected chi connectivity index (χ4v) is 9.67. The van der Waals surface area contributed by atoms with Crippen molar-refractivity contribution in [2.24, 2.45) is 0 Å². The molecule has 0 bridgehead atoms. The Morgan fingerprint density at radius 1 is 0.398 bits per heavy atom. The van der Waals surface area contributed by atoms with Gasteiger partial charge in [-0.15, -0.1) is 0 Å². The predicted molar refractivity (Wildman–Crippen MR) is 303 cm³/mol. The highest BCUT2D eigenvalue weighted by molar-refractivity contribution is 5.91. The van der Waals surface area contributed by atoms with Crippen molar-refractivity contribution in [1.29, 1.82) is 0 Å². The van der Waals surface area contributed by atoms with Crippen molar-refractivity contribution in [3.63, 3.8) is 0 Å². The number of benzene rings is 8. The molecule has 10 rings (SSSR count). The molecule has 2 aliphatic heterocycles. The average molecular weight is 1120 g/mol. The van der Waals surface area contributed by atoms with Crippen molar-refractivity contribution in [3.05, 3.63) is 287 Å². The molecule has 9 atom stereocenters. The maximum Gasteiger partial charge on any atom is 0.338 e. The van der Waals surface area contributed by atoms with E-state index in [4.69, 9.17) is 52.1 Å². The van der Waals surface area contributed by atoms with Crippen LogP contribution in [0.5, 0.6) is 0 Å².